The highest BCUT2D eigenvalue weighted by atomic mass is 16.6. The van der Waals surface area contributed by atoms with E-state index < -0.39 is 64.6 Å². The van der Waals surface area contributed by atoms with Crippen LogP contribution >= 0.6 is 0 Å². The Balaban J connectivity index is 1.63. The van der Waals surface area contributed by atoms with Gasteiger partial charge in [-0.1, -0.05) is 33.6 Å². The molecule has 5 amide bonds. The largest absolute Gasteiger partial charge is 0.459 e. The molecule has 0 spiro atoms. The third-order valence-electron chi connectivity index (χ3n) is 7.41. The molecule has 0 aromatic carbocycles. The molecule has 230 valence electrons. The van der Waals surface area contributed by atoms with Gasteiger partial charge in [0.25, 0.3) is 5.91 Å². The van der Waals surface area contributed by atoms with Crippen LogP contribution in [0.5, 0.6) is 0 Å². The summed E-state index contributed by atoms with van der Waals surface area (Å²) < 4.78 is 5.20. The molecule has 3 atom stereocenters. The average molecular weight is 578 g/mol. The minimum atomic E-state index is -0.994. The predicted molar refractivity (Wildman–Crippen MR) is 150 cm³/mol. The lowest BCUT2D eigenvalue weighted by atomic mass is 9.85. The molecule has 0 aromatic heterocycles. The van der Waals surface area contributed by atoms with E-state index in [1.54, 1.807) is 41.5 Å². The molecule has 3 unspecified atom stereocenters. The molecule has 1 aliphatic heterocycles. The van der Waals surface area contributed by atoms with Crippen molar-refractivity contribution in [2.24, 2.45) is 17.3 Å². The average Bonchev–Trinajstić information content (AvgIpc) is 3.80. The summed E-state index contributed by atoms with van der Waals surface area (Å²) in [6.45, 7) is 10.9. The molecule has 3 aliphatic rings. The number of esters is 1. The van der Waals surface area contributed by atoms with Gasteiger partial charge in [-0.05, 0) is 70.1 Å². The Kier molecular flexibility index (Phi) is 10.4. The molecule has 3 rings (SSSR count). The van der Waals surface area contributed by atoms with Crippen LogP contribution in [-0.2, 0) is 28.7 Å². The number of urea groups is 1. The molecule has 0 aromatic rings. The van der Waals surface area contributed by atoms with Crippen molar-refractivity contribution in [1.82, 2.24) is 26.2 Å². The van der Waals surface area contributed by atoms with Crippen molar-refractivity contribution in [3.8, 4) is 0 Å². The number of nitrogens with zero attached hydrogens (tertiary/aromatic N) is 1. The van der Waals surface area contributed by atoms with E-state index in [-0.39, 0.29) is 12.5 Å². The van der Waals surface area contributed by atoms with Crippen molar-refractivity contribution in [3.63, 3.8) is 0 Å². The van der Waals surface area contributed by atoms with Gasteiger partial charge in [0.15, 0.2) is 0 Å². The van der Waals surface area contributed by atoms with Crippen LogP contribution in [0.4, 0.5) is 4.79 Å². The smallest absolute Gasteiger partial charge is 0.325 e. The maximum atomic E-state index is 13.7. The Morgan fingerprint density at radius 1 is 0.854 bits per heavy atom. The van der Waals surface area contributed by atoms with Crippen LogP contribution in [0.3, 0.4) is 0 Å². The van der Waals surface area contributed by atoms with Gasteiger partial charge in [-0.15, -0.1) is 0 Å². The van der Waals surface area contributed by atoms with Crippen molar-refractivity contribution < 1.29 is 33.5 Å². The summed E-state index contributed by atoms with van der Waals surface area (Å²) in [5, 5.41) is 10.6. The van der Waals surface area contributed by atoms with Crippen LogP contribution in [0.25, 0.3) is 0 Å². The summed E-state index contributed by atoms with van der Waals surface area (Å²) in [5.74, 6) is -2.16. The number of hydrogen-bond acceptors (Lipinski definition) is 7. The number of carbonyl (C=O) groups is 6. The Morgan fingerprint density at radius 2 is 1.49 bits per heavy atom. The van der Waals surface area contributed by atoms with Gasteiger partial charge < -0.3 is 30.9 Å². The number of rotatable bonds is 12. The van der Waals surface area contributed by atoms with E-state index in [1.165, 1.54) is 4.90 Å². The second-order valence-corrected chi connectivity index (χ2v) is 13.7. The first kappa shape index (κ1) is 32.3. The van der Waals surface area contributed by atoms with Crippen LogP contribution < -0.4 is 21.3 Å². The third kappa shape index (κ3) is 10.3. The summed E-state index contributed by atoms with van der Waals surface area (Å²) in [6.07, 6.45) is 5.35. The van der Waals surface area contributed by atoms with Crippen molar-refractivity contribution in [1.29, 1.82) is 0 Å². The minimum absolute atomic E-state index is 0.287. The van der Waals surface area contributed by atoms with Crippen molar-refractivity contribution >= 4 is 35.5 Å². The molecule has 2 aliphatic carbocycles. The fourth-order valence-electron chi connectivity index (χ4n) is 4.82. The van der Waals surface area contributed by atoms with Crippen molar-refractivity contribution in [2.45, 2.75) is 110 Å². The quantitative estimate of drug-likeness (QED) is 0.201. The first-order chi connectivity index (χ1) is 19.0. The number of hydrogen-bond donors (Lipinski definition) is 4. The van der Waals surface area contributed by atoms with Crippen LogP contribution in [0, 0.1) is 17.3 Å². The second-order valence-electron chi connectivity index (χ2n) is 13.7. The maximum absolute atomic E-state index is 13.7. The van der Waals surface area contributed by atoms with Gasteiger partial charge in [0.2, 0.25) is 17.6 Å². The molecule has 4 N–H and O–H groups in total. The number of nitrogens with one attached hydrogen (secondary N) is 4. The van der Waals surface area contributed by atoms with E-state index in [4.69, 9.17) is 4.74 Å². The zero-order valence-corrected chi connectivity index (χ0v) is 25.3. The lowest BCUT2D eigenvalue weighted by molar-refractivity contribution is -0.153. The maximum Gasteiger partial charge on any atom is 0.325 e. The van der Waals surface area contributed by atoms with Gasteiger partial charge in [-0.2, -0.15) is 0 Å². The van der Waals surface area contributed by atoms with Gasteiger partial charge in [0.1, 0.15) is 24.2 Å². The van der Waals surface area contributed by atoms with Crippen LogP contribution in [0.1, 0.15) is 86.5 Å². The predicted octanol–water partition coefficient (Wildman–Crippen LogP) is 1.41. The van der Waals surface area contributed by atoms with Gasteiger partial charge in [0, 0.05) is 13.1 Å². The Bertz CT molecular complexity index is 1020. The molecule has 41 heavy (non-hydrogen) atoms. The zero-order valence-electron chi connectivity index (χ0n) is 25.3. The monoisotopic (exact) mass is 577 g/mol. The summed E-state index contributed by atoms with van der Waals surface area (Å²) in [7, 11) is 0. The van der Waals surface area contributed by atoms with E-state index in [0.717, 1.165) is 25.7 Å². The van der Waals surface area contributed by atoms with E-state index in [1.807, 2.05) is 0 Å². The number of ketones is 1. The molecule has 1 heterocycles. The first-order valence-electron chi connectivity index (χ1n) is 14.7. The standard InChI is InChI=1S/C29H47N5O7/c1-28(2,3)23(33-27(40)31-16-21(35)41-29(4,5)6)26(39)34-13-7-8-20(34)24(37)32-19(14-17-9-10-17)22(36)25(38)30-15-18-11-12-18/h17-20,23H,7-16H2,1-6H3,(H,30,38)(H,32,37)(H2,31,33,40). The lowest BCUT2D eigenvalue weighted by Crippen LogP contribution is -2.60. The number of carbonyl (C=O) groups excluding carboxylic acids is 6. The molecular weight excluding hydrogens is 530 g/mol. The van der Waals surface area contributed by atoms with E-state index in [2.05, 4.69) is 21.3 Å². The molecule has 2 saturated carbocycles. The molecule has 3 fully saturated rings. The molecule has 1 saturated heterocycles. The van der Waals surface area contributed by atoms with Gasteiger partial charge in [0.05, 0.1) is 6.04 Å². The van der Waals surface area contributed by atoms with Crippen LogP contribution in [0.15, 0.2) is 0 Å². The molecule has 0 bridgehead atoms. The fourth-order valence-corrected chi connectivity index (χ4v) is 4.82. The lowest BCUT2D eigenvalue weighted by Gasteiger charge is -2.35. The Hall–Kier alpha value is -3.18. The van der Waals surface area contributed by atoms with Gasteiger partial charge >= 0.3 is 12.0 Å². The minimum Gasteiger partial charge on any atom is -0.459 e. The van der Waals surface area contributed by atoms with E-state index in [9.17, 15) is 28.8 Å². The summed E-state index contributed by atoms with van der Waals surface area (Å²) in [4.78, 5) is 78.7. The molecule has 0 radical (unpaired) electrons. The Morgan fingerprint density at radius 3 is 2.05 bits per heavy atom. The molecule has 12 heteroatoms. The topological polar surface area (TPSA) is 163 Å². The summed E-state index contributed by atoms with van der Waals surface area (Å²) in [6, 6.07) is -3.48. The van der Waals surface area contributed by atoms with E-state index in [0.29, 0.717) is 38.3 Å². The van der Waals surface area contributed by atoms with Crippen molar-refractivity contribution in [3.05, 3.63) is 0 Å². The first-order valence-corrected chi connectivity index (χ1v) is 14.7. The number of amides is 5. The highest BCUT2D eigenvalue weighted by molar-refractivity contribution is 6.38. The molecular formula is C29H47N5O7. The normalized spacial score (nSPS) is 20.4. The Labute approximate surface area is 242 Å². The fraction of sp³-hybridized carbons (Fsp3) is 0.793. The number of likely N-dealkylation sites (tertiary alicyclic amines) is 1. The number of ether oxygens (including phenoxy) is 1. The van der Waals surface area contributed by atoms with Crippen molar-refractivity contribution in [2.75, 3.05) is 19.6 Å². The third-order valence-corrected chi connectivity index (χ3v) is 7.41. The highest BCUT2D eigenvalue weighted by Gasteiger charge is 2.43. The summed E-state index contributed by atoms with van der Waals surface area (Å²) >= 11 is 0. The second kappa shape index (κ2) is 13.2. The van der Waals surface area contributed by atoms with Crippen LogP contribution in [0.2, 0.25) is 0 Å². The van der Waals surface area contributed by atoms with Gasteiger partial charge in [-0.3, -0.25) is 24.0 Å². The highest BCUT2D eigenvalue weighted by Crippen LogP contribution is 2.34. The molecule has 12 nitrogen and oxygen atoms in total. The number of Topliss-reactive ketones (excluding diaryl/α,β-unsaturated/α-hetero) is 1. The van der Waals surface area contributed by atoms with Gasteiger partial charge in [-0.25, -0.2) is 4.79 Å². The summed E-state index contributed by atoms with van der Waals surface area (Å²) in [5.41, 5.74) is -1.42. The SMILES string of the molecule is CC(C)(C)OC(=O)CNC(=O)NC(C(=O)N1CCCC1C(=O)NC(CC1CC1)C(=O)C(=O)NCC1CC1)C(C)(C)C. The van der Waals surface area contributed by atoms with E-state index >= 15 is 0 Å². The van der Waals surface area contributed by atoms with Crippen LogP contribution in [-0.4, -0.2) is 83.8 Å². The zero-order chi connectivity index (χ0) is 30.5.